The predicted molar refractivity (Wildman–Crippen MR) is 83.0 cm³/mol. The second-order valence-electron chi connectivity index (χ2n) is 4.67. The Morgan fingerprint density at radius 2 is 1.80 bits per heavy atom. The van der Waals surface area contributed by atoms with Crippen LogP contribution in [0.2, 0.25) is 0 Å². The van der Waals surface area contributed by atoms with Crippen LogP contribution >= 0.6 is 0 Å². The highest BCUT2D eigenvalue weighted by atomic mass is 32.2. The fourth-order valence-corrected chi connectivity index (χ4v) is 2.98. The molecule has 0 fully saturated rings. The number of aromatic nitrogens is 1. The van der Waals surface area contributed by atoms with Gasteiger partial charge >= 0.3 is 0 Å². The second kappa shape index (κ2) is 5.92. The number of hydrogen-bond donors (Lipinski definition) is 0. The monoisotopic (exact) mass is 287 g/mol. The topological polar surface area (TPSA) is 39.1 Å². The van der Waals surface area contributed by atoms with Gasteiger partial charge in [0.15, 0.2) is 0 Å². The van der Waals surface area contributed by atoms with E-state index in [0.717, 1.165) is 5.56 Å². The third-order valence-electron chi connectivity index (χ3n) is 2.85. The lowest BCUT2D eigenvalue weighted by Crippen LogP contribution is -2.15. The minimum Gasteiger partial charge on any atom is -0.253 e. The SMILES string of the molecule is C=C(/C=C/c1ccc(C)cc1)CS(=O)(=O)n1cccc1. The summed E-state index contributed by atoms with van der Waals surface area (Å²) in [7, 11) is -3.36. The average Bonchev–Trinajstić information content (AvgIpc) is 2.92. The molecule has 3 nitrogen and oxygen atoms in total. The summed E-state index contributed by atoms with van der Waals surface area (Å²) in [6.07, 6.45) is 6.65. The van der Waals surface area contributed by atoms with Crippen molar-refractivity contribution in [2.45, 2.75) is 6.92 Å². The summed E-state index contributed by atoms with van der Waals surface area (Å²) in [4.78, 5) is 0. The molecule has 2 aromatic rings. The van der Waals surface area contributed by atoms with Crippen molar-refractivity contribution in [2.75, 3.05) is 5.75 Å². The van der Waals surface area contributed by atoms with Gasteiger partial charge in [-0.3, -0.25) is 3.97 Å². The molecule has 104 valence electrons. The first-order valence-corrected chi connectivity index (χ1v) is 7.87. The second-order valence-corrected chi connectivity index (χ2v) is 6.55. The molecule has 0 aliphatic rings. The van der Waals surface area contributed by atoms with Crippen molar-refractivity contribution in [1.82, 2.24) is 3.97 Å². The van der Waals surface area contributed by atoms with Gasteiger partial charge in [0.05, 0.1) is 5.75 Å². The Morgan fingerprint density at radius 3 is 2.40 bits per heavy atom. The molecule has 0 spiro atoms. The van der Waals surface area contributed by atoms with Crippen LogP contribution in [0.1, 0.15) is 11.1 Å². The summed E-state index contributed by atoms with van der Waals surface area (Å²) in [6, 6.07) is 11.4. The number of nitrogens with zero attached hydrogens (tertiary/aromatic N) is 1. The Labute approximate surface area is 119 Å². The van der Waals surface area contributed by atoms with Gasteiger partial charge in [0.25, 0.3) is 0 Å². The number of benzene rings is 1. The Bertz CT molecular complexity index is 708. The van der Waals surface area contributed by atoms with Gasteiger partial charge in [-0.25, -0.2) is 8.42 Å². The van der Waals surface area contributed by atoms with Gasteiger partial charge in [-0.15, -0.1) is 0 Å². The maximum atomic E-state index is 12.0. The largest absolute Gasteiger partial charge is 0.253 e. The molecule has 0 N–H and O–H groups in total. The molecule has 0 saturated heterocycles. The average molecular weight is 287 g/mol. The third kappa shape index (κ3) is 3.71. The van der Waals surface area contributed by atoms with Crippen LogP contribution in [0.15, 0.2) is 67.0 Å². The Balaban J connectivity index is 2.04. The first-order chi connectivity index (χ1) is 9.47. The van der Waals surface area contributed by atoms with Crippen molar-refractivity contribution in [3.05, 3.63) is 78.1 Å². The van der Waals surface area contributed by atoms with Crippen LogP contribution in [-0.2, 0) is 10.0 Å². The molecule has 0 bridgehead atoms. The van der Waals surface area contributed by atoms with E-state index in [4.69, 9.17) is 0 Å². The maximum Gasteiger partial charge on any atom is 0.242 e. The molecule has 4 heteroatoms. The van der Waals surface area contributed by atoms with E-state index in [0.29, 0.717) is 5.57 Å². The molecule has 1 aromatic carbocycles. The minimum absolute atomic E-state index is 0.0932. The van der Waals surface area contributed by atoms with Crippen LogP contribution in [0.3, 0.4) is 0 Å². The normalized spacial score (nSPS) is 11.8. The molecule has 0 radical (unpaired) electrons. The fraction of sp³-hybridized carbons (Fsp3) is 0.125. The maximum absolute atomic E-state index is 12.0. The summed E-state index contributed by atoms with van der Waals surface area (Å²) in [5, 5.41) is 0. The minimum atomic E-state index is -3.36. The zero-order chi connectivity index (χ0) is 14.6. The van der Waals surface area contributed by atoms with Crippen LogP contribution in [0.4, 0.5) is 0 Å². The number of aryl methyl sites for hydroxylation is 1. The Morgan fingerprint density at radius 1 is 1.20 bits per heavy atom. The van der Waals surface area contributed by atoms with Crippen molar-refractivity contribution in [1.29, 1.82) is 0 Å². The third-order valence-corrected chi connectivity index (χ3v) is 4.48. The van der Waals surface area contributed by atoms with Crippen LogP contribution in [-0.4, -0.2) is 18.1 Å². The van der Waals surface area contributed by atoms with Gasteiger partial charge in [-0.1, -0.05) is 48.6 Å². The lowest BCUT2D eigenvalue weighted by atomic mass is 10.1. The molecule has 0 aliphatic carbocycles. The van der Waals surface area contributed by atoms with Gasteiger partial charge in [0, 0.05) is 12.4 Å². The molecule has 1 heterocycles. The standard InChI is InChI=1S/C16H17NO2S/c1-14-5-8-16(9-6-14)10-7-15(2)13-20(18,19)17-11-3-4-12-17/h3-12H,2,13H2,1H3/b10-7+. The van der Waals surface area contributed by atoms with Crippen molar-refractivity contribution in [3.8, 4) is 0 Å². The fourth-order valence-electron chi connectivity index (χ4n) is 1.75. The molecular weight excluding hydrogens is 270 g/mol. The van der Waals surface area contributed by atoms with Crippen molar-refractivity contribution < 1.29 is 8.42 Å². The van der Waals surface area contributed by atoms with E-state index in [1.54, 1.807) is 18.2 Å². The summed E-state index contributed by atoms with van der Waals surface area (Å²) in [5.74, 6) is -0.0932. The van der Waals surface area contributed by atoms with Gasteiger partial charge < -0.3 is 0 Å². The van der Waals surface area contributed by atoms with Crippen molar-refractivity contribution in [2.24, 2.45) is 0 Å². The molecule has 0 atom stereocenters. The summed E-state index contributed by atoms with van der Waals surface area (Å²) < 4.78 is 25.3. The Hall–Kier alpha value is -2.07. The molecule has 0 amide bonds. The molecule has 0 unspecified atom stereocenters. The molecular formula is C16H17NO2S. The van der Waals surface area contributed by atoms with Gasteiger partial charge in [0.1, 0.15) is 0 Å². The predicted octanol–water partition coefficient (Wildman–Crippen LogP) is 3.24. The first kappa shape index (κ1) is 14.3. The zero-order valence-electron chi connectivity index (χ0n) is 11.4. The van der Waals surface area contributed by atoms with E-state index in [1.807, 2.05) is 37.3 Å². The highest BCUT2D eigenvalue weighted by molar-refractivity contribution is 7.90. The summed E-state index contributed by atoms with van der Waals surface area (Å²) in [5.41, 5.74) is 2.77. The van der Waals surface area contributed by atoms with Crippen LogP contribution in [0.5, 0.6) is 0 Å². The van der Waals surface area contributed by atoms with E-state index in [-0.39, 0.29) is 5.75 Å². The molecule has 0 saturated carbocycles. The Kier molecular flexibility index (Phi) is 4.25. The highest BCUT2D eigenvalue weighted by Gasteiger charge is 2.12. The van der Waals surface area contributed by atoms with Crippen LogP contribution in [0.25, 0.3) is 6.08 Å². The van der Waals surface area contributed by atoms with Gasteiger partial charge in [-0.2, -0.15) is 0 Å². The molecule has 0 aliphatic heterocycles. The highest BCUT2D eigenvalue weighted by Crippen LogP contribution is 2.09. The summed E-state index contributed by atoms with van der Waals surface area (Å²) >= 11 is 0. The van der Waals surface area contributed by atoms with E-state index in [1.165, 1.54) is 21.9 Å². The number of hydrogen-bond acceptors (Lipinski definition) is 2. The summed E-state index contributed by atoms with van der Waals surface area (Å²) in [6.45, 7) is 5.83. The lowest BCUT2D eigenvalue weighted by Gasteiger charge is -2.05. The number of allylic oxidation sites excluding steroid dienone is 1. The van der Waals surface area contributed by atoms with E-state index >= 15 is 0 Å². The van der Waals surface area contributed by atoms with E-state index in [2.05, 4.69) is 6.58 Å². The first-order valence-electron chi connectivity index (χ1n) is 6.26. The van der Waals surface area contributed by atoms with Crippen LogP contribution in [0, 0.1) is 6.92 Å². The van der Waals surface area contributed by atoms with Gasteiger partial charge in [-0.05, 0) is 30.2 Å². The molecule has 2 rings (SSSR count). The van der Waals surface area contributed by atoms with Crippen LogP contribution < -0.4 is 0 Å². The van der Waals surface area contributed by atoms with E-state index < -0.39 is 10.0 Å². The quantitative estimate of drug-likeness (QED) is 0.792. The zero-order valence-corrected chi connectivity index (χ0v) is 12.2. The van der Waals surface area contributed by atoms with Crippen molar-refractivity contribution in [3.63, 3.8) is 0 Å². The van der Waals surface area contributed by atoms with Gasteiger partial charge in [0.2, 0.25) is 10.0 Å². The van der Waals surface area contributed by atoms with Crippen molar-refractivity contribution >= 4 is 16.1 Å². The molecule has 20 heavy (non-hydrogen) atoms. The van der Waals surface area contributed by atoms with E-state index in [9.17, 15) is 8.42 Å². The number of rotatable bonds is 5. The smallest absolute Gasteiger partial charge is 0.242 e. The molecule has 1 aromatic heterocycles. The lowest BCUT2D eigenvalue weighted by molar-refractivity contribution is 0.590.